The Bertz CT molecular complexity index is 415. The fraction of sp³-hybridized carbons (Fsp3) is 0.400. The summed E-state index contributed by atoms with van der Waals surface area (Å²) in [5.74, 6) is -2.59. The minimum atomic E-state index is -0.969. The first-order chi connectivity index (χ1) is 7.90. The van der Waals surface area contributed by atoms with E-state index in [1.54, 1.807) is 6.92 Å². The number of carbonyl (C=O) groups excluding carboxylic acids is 4. The molecule has 0 bridgehead atoms. The molecule has 7 heteroatoms. The van der Waals surface area contributed by atoms with Crippen LogP contribution in [0.25, 0.3) is 0 Å². The summed E-state index contributed by atoms with van der Waals surface area (Å²) < 4.78 is 4.65. The standard InChI is InChI=1S/C10H12N2O5/c1-4-17-9(15)6(2)5-12-8(14)7(13)11(3)10(12)16/h2,4-5H2,1,3H3. The lowest BCUT2D eigenvalue weighted by atomic mass is 10.3. The molecule has 1 saturated heterocycles. The fourth-order valence-electron chi connectivity index (χ4n) is 1.24. The number of nitrogens with zero attached hydrogens (tertiary/aromatic N) is 2. The van der Waals surface area contributed by atoms with Crippen LogP contribution < -0.4 is 0 Å². The van der Waals surface area contributed by atoms with Gasteiger partial charge in [-0.05, 0) is 6.92 Å². The summed E-state index contributed by atoms with van der Waals surface area (Å²) in [5.41, 5.74) is -0.0587. The van der Waals surface area contributed by atoms with Crippen molar-refractivity contribution in [3.05, 3.63) is 12.2 Å². The van der Waals surface area contributed by atoms with Gasteiger partial charge in [0, 0.05) is 12.6 Å². The summed E-state index contributed by atoms with van der Waals surface area (Å²) in [6, 6.07) is -0.773. The summed E-state index contributed by atoms with van der Waals surface area (Å²) in [4.78, 5) is 46.6. The van der Waals surface area contributed by atoms with E-state index < -0.39 is 23.8 Å². The second-order valence-electron chi connectivity index (χ2n) is 3.36. The third-order valence-corrected chi connectivity index (χ3v) is 2.16. The van der Waals surface area contributed by atoms with E-state index in [-0.39, 0.29) is 18.7 Å². The van der Waals surface area contributed by atoms with Crippen molar-refractivity contribution in [3.63, 3.8) is 0 Å². The van der Waals surface area contributed by atoms with E-state index in [0.29, 0.717) is 9.80 Å². The Hall–Kier alpha value is -2.18. The van der Waals surface area contributed by atoms with Gasteiger partial charge in [0.05, 0.1) is 13.2 Å². The molecule has 0 saturated carbocycles. The van der Waals surface area contributed by atoms with Crippen molar-refractivity contribution in [1.82, 2.24) is 9.80 Å². The number of hydrogen-bond donors (Lipinski definition) is 0. The van der Waals surface area contributed by atoms with Gasteiger partial charge in [-0.15, -0.1) is 0 Å². The number of hydrogen-bond acceptors (Lipinski definition) is 5. The molecule has 0 N–H and O–H groups in total. The molecule has 0 atom stereocenters. The first kappa shape index (κ1) is 12.9. The Morgan fingerprint density at radius 2 is 1.88 bits per heavy atom. The molecular formula is C10H12N2O5. The molecule has 0 aromatic carbocycles. The Balaban J connectivity index is 2.73. The normalized spacial score (nSPS) is 15.5. The van der Waals surface area contributed by atoms with E-state index in [0.717, 1.165) is 0 Å². The van der Waals surface area contributed by atoms with Crippen molar-refractivity contribution in [2.75, 3.05) is 20.2 Å². The topological polar surface area (TPSA) is 84.0 Å². The fourth-order valence-corrected chi connectivity index (χ4v) is 1.24. The maximum absolute atomic E-state index is 11.5. The van der Waals surface area contributed by atoms with Crippen molar-refractivity contribution < 1.29 is 23.9 Å². The second-order valence-corrected chi connectivity index (χ2v) is 3.36. The van der Waals surface area contributed by atoms with Crippen molar-refractivity contribution in [3.8, 4) is 0 Å². The number of likely N-dealkylation sites (N-methyl/N-ethyl adjacent to an activating group) is 1. The van der Waals surface area contributed by atoms with Crippen LogP contribution in [0.5, 0.6) is 0 Å². The smallest absolute Gasteiger partial charge is 0.335 e. The highest BCUT2D eigenvalue weighted by molar-refractivity contribution is 6.44. The van der Waals surface area contributed by atoms with Crippen molar-refractivity contribution in [2.24, 2.45) is 0 Å². The summed E-state index contributed by atoms with van der Waals surface area (Å²) in [7, 11) is 1.19. The van der Waals surface area contributed by atoms with E-state index in [1.165, 1.54) is 7.05 Å². The largest absolute Gasteiger partial charge is 0.463 e. The van der Waals surface area contributed by atoms with Gasteiger partial charge < -0.3 is 4.74 Å². The Labute approximate surface area is 97.6 Å². The van der Waals surface area contributed by atoms with Crippen LogP contribution in [0.15, 0.2) is 12.2 Å². The maximum atomic E-state index is 11.5. The van der Waals surface area contributed by atoms with E-state index in [1.807, 2.05) is 0 Å². The molecule has 0 aromatic rings. The molecule has 0 unspecified atom stereocenters. The molecule has 1 fully saturated rings. The average Bonchev–Trinajstić information content (AvgIpc) is 2.47. The van der Waals surface area contributed by atoms with Gasteiger partial charge in [0.15, 0.2) is 0 Å². The molecule has 7 nitrogen and oxygen atoms in total. The van der Waals surface area contributed by atoms with E-state index >= 15 is 0 Å². The van der Waals surface area contributed by atoms with Crippen LogP contribution in [0.3, 0.4) is 0 Å². The van der Waals surface area contributed by atoms with Gasteiger partial charge in [-0.1, -0.05) is 6.58 Å². The van der Waals surface area contributed by atoms with Crippen molar-refractivity contribution >= 4 is 23.8 Å². The summed E-state index contributed by atoms with van der Waals surface area (Å²) in [6.45, 7) is 4.85. The van der Waals surface area contributed by atoms with Gasteiger partial charge in [0.1, 0.15) is 0 Å². The molecule has 4 amide bonds. The SMILES string of the molecule is C=C(CN1C(=O)C(=O)N(C)C1=O)C(=O)OCC. The number of amides is 4. The number of carbonyl (C=O) groups is 4. The quantitative estimate of drug-likeness (QED) is 0.287. The molecule has 0 spiro atoms. The van der Waals surface area contributed by atoms with Gasteiger partial charge in [-0.2, -0.15) is 0 Å². The molecule has 0 aromatic heterocycles. The third kappa shape index (κ3) is 2.32. The van der Waals surface area contributed by atoms with E-state index in [9.17, 15) is 19.2 Å². The van der Waals surface area contributed by atoms with E-state index in [4.69, 9.17) is 0 Å². The zero-order chi connectivity index (χ0) is 13.2. The zero-order valence-electron chi connectivity index (χ0n) is 9.56. The molecular weight excluding hydrogens is 228 g/mol. The predicted octanol–water partition coefficient (Wildman–Crippen LogP) is -0.474. The highest BCUT2D eigenvalue weighted by atomic mass is 16.5. The van der Waals surface area contributed by atoms with E-state index in [2.05, 4.69) is 11.3 Å². The first-order valence-corrected chi connectivity index (χ1v) is 4.88. The predicted molar refractivity (Wildman–Crippen MR) is 55.7 cm³/mol. The molecule has 1 aliphatic heterocycles. The summed E-state index contributed by atoms with van der Waals surface area (Å²) in [6.07, 6.45) is 0. The van der Waals surface area contributed by atoms with Crippen LogP contribution in [0.4, 0.5) is 4.79 Å². The zero-order valence-corrected chi connectivity index (χ0v) is 9.56. The first-order valence-electron chi connectivity index (χ1n) is 4.88. The number of imide groups is 2. The van der Waals surface area contributed by atoms with Crippen molar-refractivity contribution in [2.45, 2.75) is 6.92 Å². The molecule has 17 heavy (non-hydrogen) atoms. The Morgan fingerprint density at radius 1 is 1.29 bits per heavy atom. The van der Waals surface area contributed by atoms with Gasteiger partial charge in [-0.3, -0.25) is 19.4 Å². The van der Waals surface area contributed by atoms with Crippen LogP contribution in [0.1, 0.15) is 6.92 Å². The molecule has 92 valence electrons. The molecule has 1 heterocycles. The highest BCUT2D eigenvalue weighted by Gasteiger charge is 2.42. The van der Waals surface area contributed by atoms with Gasteiger partial charge in [0.25, 0.3) is 0 Å². The Kier molecular flexibility index (Phi) is 3.62. The molecule has 0 radical (unpaired) electrons. The number of ether oxygens (including phenoxy) is 1. The number of rotatable bonds is 4. The highest BCUT2D eigenvalue weighted by Crippen LogP contribution is 2.11. The molecule has 1 aliphatic rings. The van der Waals surface area contributed by atoms with Crippen LogP contribution in [0.2, 0.25) is 0 Å². The second kappa shape index (κ2) is 4.77. The lowest BCUT2D eigenvalue weighted by Crippen LogP contribution is -2.34. The minimum Gasteiger partial charge on any atom is -0.463 e. The van der Waals surface area contributed by atoms with Crippen LogP contribution in [-0.2, 0) is 19.1 Å². The minimum absolute atomic E-state index is 0.0587. The lowest BCUT2D eigenvalue weighted by Gasteiger charge is -2.13. The van der Waals surface area contributed by atoms with Gasteiger partial charge in [0.2, 0.25) is 0 Å². The number of esters is 1. The summed E-state index contributed by atoms with van der Waals surface area (Å²) >= 11 is 0. The monoisotopic (exact) mass is 240 g/mol. The third-order valence-electron chi connectivity index (χ3n) is 2.16. The van der Waals surface area contributed by atoms with Gasteiger partial charge >= 0.3 is 23.8 Å². The van der Waals surface area contributed by atoms with Crippen LogP contribution >= 0.6 is 0 Å². The van der Waals surface area contributed by atoms with Crippen molar-refractivity contribution in [1.29, 1.82) is 0 Å². The van der Waals surface area contributed by atoms with Crippen LogP contribution in [0, 0.1) is 0 Å². The molecule has 1 rings (SSSR count). The number of urea groups is 1. The summed E-state index contributed by atoms with van der Waals surface area (Å²) in [5, 5.41) is 0. The van der Waals surface area contributed by atoms with Gasteiger partial charge in [-0.25, -0.2) is 9.59 Å². The van der Waals surface area contributed by atoms with Crippen LogP contribution in [-0.4, -0.2) is 53.8 Å². The Morgan fingerprint density at radius 3 is 2.29 bits per heavy atom. The lowest BCUT2D eigenvalue weighted by molar-refractivity contribution is -0.143. The average molecular weight is 240 g/mol. The maximum Gasteiger partial charge on any atom is 0.335 e. The molecule has 0 aliphatic carbocycles.